The van der Waals surface area contributed by atoms with E-state index in [1.165, 1.54) is 13.0 Å². The van der Waals surface area contributed by atoms with Crippen LogP contribution in [0.2, 0.25) is 0 Å². The maximum Gasteiger partial charge on any atom is 0.231 e. The van der Waals surface area contributed by atoms with Crippen molar-refractivity contribution in [3.63, 3.8) is 0 Å². The Kier molecular flexibility index (Phi) is 5.59. The van der Waals surface area contributed by atoms with E-state index in [4.69, 9.17) is 5.26 Å². The molecule has 1 aliphatic rings. The lowest BCUT2D eigenvalue weighted by Crippen LogP contribution is -2.34. The average molecular weight is 380 g/mol. The Hall–Kier alpha value is -3.40. The lowest BCUT2D eigenvalue weighted by Gasteiger charge is -2.23. The molecule has 0 saturated carbocycles. The maximum atomic E-state index is 14.3. The van der Waals surface area contributed by atoms with E-state index in [9.17, 15) is 14.0 Å². The van der Waals surface area contributed by atoms with Crippen molar-refractivity contribution < 1.29 is 14.0 Å². The van der Waals surface area contributed by atoms with Gasteiger partial charge >= 0.3 is 0 Å². The van der Waals surface area contributed by atoms with E-state index < -0.39 is 5.82 Å². The number of benzene rings is 2. The second-order valence-electron chi connectivity index (χ2n) is 6.83. The van der Waals surface area contributed by atoms with Crippen molar-refractivity contribution in [3.05, 3.63) is 53.8 Å². The molecule has 1 unspecified atom stereocenters. The Morgan fingerprint density at radius 1 is 1.25 bits per heavy atom. The van der Waals surface area contributed by atoms with Crippen molar-refractivity contribution in [1.82, 2.24) is 0 Å². The molecule has 0 spiro atoms. The third-order valence-corrected chi connectivity index (χ3v) is 4.86. The highest BCUT2D eigenvalue weighted by Crippen LogP contribution is 2.29. The van der Waals surface area contributed by atoms with E-state index in [1.807, 2.05) is 11.0 Å². The van der Waals surface area contributed by atoms with Gasteiger partial charge in [-0.2, -0.15) is 5.26 Å². The normalized spacial score (nSPS) is 15.8. The molecule has 2 amide bonds. The van der Waals surface area contributed by atoms with Crippen LogP contribution in [-0.4, -0.2) is 32.0 Å². The Morgan fingerprint density at radius 2 is 1.96 bits per heavy atom. The van der Waals surface area contributed by atoms with E-state index in [2.05, 4.69) is 5.32 Å². The van der Waals surface area contributed by atoms with Gasteiger partial charge in [0.1, 0.15) is 5.82 Å². The molecule has 0 aromatic heterocycles. The molecule has 7 heteroatoms. The van der Waals surface area contributed by atoms with Gasteiger partial charge in [0.15, 0.2) is 0 Å². The van der Waals surface area contributed by atoms with Crippen molar-refractivity contribution in [2.24, 2.45) is 5.92 Å². The molecule has 1 aliphatic heterocycles. The number of nitrogens with zero attached hydrogens (tertiary/aromatic N) is 3. The molecule has 1 N–H and O–H groups in total. The zero-order valence-corrected chi connectivity index (χ0v) is 15.8. The summed E-state index contributed by atoms with van der Waals surface area (Å²) >= 11 is 0. The van der Waals surface area contributed by atoms with E-state index in [-0.39, 0.29) is 23.3 Å². The molecule has 0 radical (unpaired) electrons. The summed E-state index contributed by atoms with van der Waals surface area (Å²) < 4.78 is 14.3. The second kappa shape index (κ2) is 8.09. The minimum atomic E-state index is -0.450. The van der Waals surface area contributed by atoms with E-state index in [0.717, 1.165) is 5.69 Å². The number of rotatable bonds is 4. The van der Waals surface area contributed by atoms with Gasteiger partial charge in [-0.15, -0.1) is 0 Å². The lowest BCUT2D eigenvalue weighted by atomic mass is 10.1. The second-order valence-corrected chi connectivity index (χ2v) is 6.83. The van der Waals surface area contributed by atoms with Crippen LogP contribution in [0.1, 0.15) is 18.9 Å². The minimum Gasteiger partial charge on any atom is -0.368 e. The predicted octanol–water partition coefficient (Wildman–Crippen LogP) is 3.15. The summed E-state index contributed by atoms with van der Waals surface area (Å²) in [6, 6.07) is 13.3. The van der Waals surface area contributed by atoms with Gasteiger partial charge in [0.2, 0.25) is 11.8 Å². The van der Waals surface area contributed by atoms with Crippen LogP contribution in [0.15, 0.2) is 42.5 Å². The number of hydrogen-bond acceptors (Lipinski definition) is 4. The Bertz CT molecular complexity index is 936. The molecule has 0 bridgehead atoms. The van der Waals surface area contributed by atoms with E-state index in [0.29, 0.717) is 30.9 Å². The molecular formula is C21H21FN4O2. The van der Waals surface area contributed by atoms with Gasteiger partial charge in [-0.3, -0.25) is 9.59 Å². The molecule has 2 aromatic carbocycles. The first-order valence-electron chi connectivity index (χ1n) is 8.99. The summed E-state index contributed by atoms with van der Waals surface area (Å²) in [4.78, 5) is 27.4. The molecular weight excluding hydrogens is 359 g/mol. The summed E-state index contributed by atoms with van der Waals surface area (Å²) in [5, 5.41) is 11.5. The van der Waals surface area contributed by atoms with Crippen molar-refractivity contribution in [2.45, 2.75) is 13.3 Å². The van der Waals surface area contributed by atoms with Crippen molar-refractivity contribution in [2.75, 3.05) is 35.3 Å². The van der Waals surface area contributed by atoms with Crippen LogP contribution < -0.4 is 15.1 Å². The molecule has 2 aromatic rings. The summed E-state index contributed by atoms with van der Waals surface area (Å²) in [6.45, 7) is 2.44. The smallest absolute Gasteiger partial charge is 0.231 e. The number of anilines is 3. The van der Waals surface area contributed by atoms with E-state index in [1.54, 1.807) is 48.3 Å². The van der Waals surface area contributed by atoms with Gasteiger partial charge in [-0.05, 0) is 48.9 Å². The van der Waals surface area contributed by atoms with Gasteiger partial charge in [0.05, 0.1) is 23.2 Å². The first-order chi connectivity index (χ1) is 13.4. The number of nitrogens with one attached hydrogen (secondary N) is 1. The fourth-order valence-electron chi connectivity index (χ4n) is 3.39. The fourth-order valence-corrected chi connectivity index (χ4v) is 3.39. The summed E-state index contributed by atoms with van der Waals surface area (Å²) in [5.41, 5.74) is 2.08. The Labute approximate surface area is 163 Å². The molecule has 0 aliphatic carbocycles. The molecule has 1 atom stereocenters. The first kappa shape index (κ1) is 19.4. The number of amides is 2. The highest BCUT2D eigenvalue weighted by molar-refractivity contribution is 5.96. The molecule has 1 fully saturated rings. The van der Waals surface area contributed by atoms with Gasteiger partial charge in [0.25, 0.3) is 0 Å². The molecule has 1 saturated heterocycles. The van der Waals surface area contributed by atoms with Crippen LogP contribution in [0, 0.1) is 23.1 Å². The number of nitriles is 1. The summed E-state index contributed by atoms with van der Waals surface area (Å²) in [5.74, 6) is -0.883. The standard InChI is InChI=1S/C21H21FN4O2/c1-14(27)24-17-4-6-18(7-5-17)25(2)21(28)16-9-10-26(13-16)20-8-3-15(12-23)11-19(20)22/h3-8,11,16H,9-10,13H2,1-2H3,(H,24,27). The largest absolute Gasteiger partial charge is 0.368 e. The van der Waals surface area contributed by atoms with Crippen LogP contribution in [-0.2, 0) is 9.59 Å². The first-order valence-corrected chi connectivity index (χ1v) is 8.99. The Balaban J connectivity index is 1.67. The molecule has 6 nitrogen and oxygen atoms in total. The van der Waals surface area contributed by atoms with Crippen molar-refractivity contribution in [1.29, 1.82) is 5.26 Å². The zero-order chi connectivity index (χ0) is 20.3. The third kappa shape index (κ3) is 4.12. The number of hydrogen-bond donors (Lipinski definition) is 1. The monoisotopic (exact) mass is 380 g/mol. The van der Waals surface area contributed by atoms with Crippen molar-refractivity contribution >= 4 is 28.9 Å². The molecule has 3 rings (SSSR count). The fraction of sp³-hybridized carbons (Fsp3) is 0.286. The highest BCUT2D eigenvalue weighted by atomic mass is 19.1. The van der Waals surface area contributed by atoms with Crippen LogP contribution in [0.5, 0.6) is 0 Å². The number of halogens is 1. The predicted molar refractivity (Wildman–Crippen MR) is 106 cm³/mol. The van der Waals surface area contributed by atoms with Crippen LogP contribution in [0.3, 0.4) is 0 Å². The summed E-state index contributed by atoms with van der Waals surface area (Å²) in [6.07, 6.45) is 0.632. The van der Waals surface area contributed by atoms with Crippen molar-refractivity contribution in [3.8, 4) is 6.07 Å². The maximum absolute atomic E-state index is 14.3. The topological polar surface area (TPSA) is 76.4 Å². The Morgan fingerprint density at radius 3 is 2.57 bits per heavy atom. The quantitative estimate of drug-likeness (QED) is 0.884. The van der Waals surface area contributed by atoms with Gasteiger partial charge in [-0.1, -0.05) is 0 Å². The molecule has 1 heterocycles. The zero-order valence-electron chi connectivity index (χ0n) is 15.8. The third-order valence-electron chi connectivity index (χ3n) is 4.86. The lowest BCUT2D eigenvalue weighted by molar-refractivity contribution is -0.121. The van der Waals surface area contributed by atoms with Crippen LogP contribution in [0.25, 0.3) is 0 Å². The SMILES string of the molecule is CC(=O)Nc1ccc(N(C)C(=O)C2CCN(c3ccc(C#N)cc3F)C2)cc1. The summed E-state index contributed by atoms with van der Waals surface area (Å²) in [7, 11) is 1.71. The number of carbonyl (C=O) groups is 2. The van der Waals surface area contributed by atoms with E-state index >= 15 is 0 Å². The molecule has 144 valence electrons. The molecule has 28 heavy (non-hydrogen) atoms. The minimum absolute atomic E-state index is 0.0381. The van der Waals surface area contributed by atoms with Gasteiger partial charge in [0, 0.05) is 38.4 Å². The van der Waals surface area contributed by atoms with Crippen LogP contribution in [0.4, 0.5) is 21.5 Å². The number of carbonyl (C=O) groups excluding carboxylic acids is 2. The van der Waals surface area contributed by atoms with Crippen LogP contribution >= 0.6 is 0 Å². The van der Waals surface area contributed by atoms with Gasteiger partial charge < -0.3 is 15.1 Å². The van der Waals surface area contributed by atoms with Gasteiger partial charge in [-0.25, -0.2) is 4.39 Å². The highest BCUT2D eigenvalue weighted by Gasteiger charge is 2.32. The average Bonchev–Trinajstić information content (AvgIpc) is 3.16.